The highest BCUT2D eigenvalue weighted by Crippen LogP contribution is 2.29. The van der Waals surface area contributed by atoms with Crippen molar-refractivity contribution in [2.24, 2.45) is 5.92 Å². The number of hydrogen-bond donors (Lipinski definition) is 1. The average molecular weight is 247 g/mol. The molecule has 4 nitrogen and oxygen atoms in total. The summed E-state index contributed by atoms with van der Waals surface area (Å²) < 4.78 is 5.11. The van der Waals surface area contributed by atoms with Crippen LogP contribution in [-0.4, -0.2) is 18.4 Å². The van der Waals surface area contributed by atoms with Gasteiger partial charge in [0.1, 0.15) is 12.9 Å². The normalized spacial score (nSPS) is 21.8. The molecule has 4 heteroatoms. The van der Waals surface area contributed by atoms with Crippen LogP contribution in [0.2, 0.25) is 0 Å². The minimum absolute atomic E-state index is 0.165. The lowest BCUT2D eigenvalue weighted by molar-refractivity contribution is -0.109. The number of nitrogens with one attached hydrogen (secondary N) is 1. The van der Waals surface area contributed by atoms with Gasteiger partial charge in [0.25, 0.3) is 0 Å². The van der Waals surface area contributed by atoms with Crippen LogP contribution in [0.1, 0.15) is 24.8 Å². The molecule has 0 saturated heterocycles. The van der Waals surface area contributed by atoms with Gasteiger partial charge in [0.05, 0.1) is 0 Å². The van der Waals surface area contributed by atoms with E-state index in [0.717, 1.165) is 24.7 Å². The van der Waals surface area contributed by atoms with E-state index in [-0.39, 0.29) is 18.7 Å². The zero-order chi connectivity index (χ0) is 12.8. The van der Waals surface area contributed by atoms with E-state index in [4.69, 9.17) is 4.74 Å². The van der Waals surface area contributed by atoms with Crippen LogP contribution in [0, 0.1) is 5.92 Å². The fourth-order valence-corrected chi connectivity index (χ4v) is 2.11. The second-order valence-corrected chi connectivity index (χ2v) is 4.64. The lowest BCUT2D eigenvalue weighted by Gasteiger charge is -2.34. The number of ether oxygens (including phenoxy) is 1. The Morgan fingerprint density at radius 1 is 1.33 bits per heavy atom. The Morgan fingerprint density at radius 2 is 2.06 bits per heavy atom. The van der Waals surface area contributed by atoms with Gasteiger partial charge >= 0.3 is 6.09 Å². The van der Waals surface area contributed by atoms with E-state index in [0.29, 0.717) is 12.3 Å². The Kier molecular flexibility index (Phi) is 4.34. The van der Waals surface area contributed by atoms with Crippen molar-refractivity contribution in [1.29, 1.82) is 0 Å². The summed E-state index contributed by atoms with van der Waals surface area (Å²) in [6, 6.07) is 9.73. The average Bonchev–Trinajstić information content (AvgIpc) is 2.35. The molecule has 1 amide bonds. The molecule has 0 bridgehead atoms. The zero-order valence-electron chi connectivity index (χ0n) is 10.2. The molecule has 1 aromatic rings. The van der Waals surface area contributed by atoms with E-state index >= 15 is 0 Å². The standard InChI is InChI=1S/C14H17NO3/c16-7-6-12-8-13(9-12)15-14(17)18-10-11-4-2-1-3-5-11/h1-5,7,12-13H,6,8-10H2,(H,15,17). The van der Waals surface area contributed by atoms with Crippen LogP contribution in [0.3, 0.4) is 0 Å². The number of alkyl carbamates (subject to hydrolysis) is 1. The van der Waals surface area contributed by atoms with Crippen molar-refractivity contribution in [3.63, 3.8) is 0 Å². The van der Waals surface area contributed by atoms with Crippen molar-refractivity contribution in [2.45, 2.75) is 31.9 Å². The van der Waals surface area contributed by atoms with Crippen LogP contribution in [0.5, 0.6) is 0 Å². The molecule has 1 fully saturated rings. The Hall–Kier alpha value is -1.84. The lowest BCUT2D eigenvalue weighted by atomic mass is 9.79. The molecule has 0 aliphatic heterocycles. The summed E-state index contributed by atoms with van der Waals surface area (Å²) in [5.41, 5.74) is 0.972. The number of carbonyl (C=O) groups is 2. The minimum atomic E-state index is -0.381. The van der Waals surface area contributed by atoms with Crippen LogP contribution in [0.15, 0.2) is 30.3 Å². The molecule has 1 aromatic carbocycles. The number of aldehydes is 1. The Bertz CT molecular complexity index is 399. The maximum atomic E-state index is 11.5. The number of rotatable bonds is 5. The predicted molar refractivity (Wildman–Crippen MR) is 67.0 cm³/mol. The van der Waals surface area contributed by atoms with Crippen LogP contribution in [-0.2, 0) is 16.1 Å². The van der Waals surface area contributed by atoms with Gasteiger partial charge in [-0.1, -0.05) is 30.3 Å². The monoisotopic (exact) mass is 247 g/mol. The summed E-state index contributed by atoms with van der Waals surface area (Å²) in [5, 5.41) is 2.80. The molecule has 0 atom stereocenters. The first-order chi connectivity index (χ1) is 8.78. The van der Waals surface area contributed by atoms with E-state index in [1.165, 1.54) is 0 Å². The number of amides is 1. The third-order valence-electron chi connectivity index (χ3n) is 3.20. The first kappa shape index (κ1) is 12.6. The van der Waals surface area contributed by atoms with Gasteiger partial charge in [-0.3, -0.25) is 0 Å². The second-order valence-electron chi connectivity index (χ2n) is 4.64. The maximum Gasteiger partial charge on any atom is 0.407 e. The van der Waals surface area contributed by atoms with Gasteiger partial charge in [0, 0.05) is 12.5 Å². The second kappa shape index (κ2) is 6.19. The van der Waals surface area contributed by atoms with Crippen molar-refractivity contribution >= 4 is 12.4 Å². The van der Waals surface area contributed by atoms with Crippen LogP contribution in [0.25, 0.3) is 0 Å². The summed E-state index contributed by atoms with van der Waals surface area (Å²) in [6.07, 6.45) is 2.90. The Morgan fingerprint density at radius 3 is 2.72 bits per heavy atom. The zero-order valence-corrected chi connectivity index (χ0v) is 10.2. The Balaban J connectivity index is 1.63. The fourth-order valence-electron chi connectivity index (χ4n) is 2.11. The predicted octanol–water partition coefficient (Wildman–Crippen LogP) is 2.28. The third kappa shape index (κ3) is 3.58. The van der Waals surface area contributed by atoms with Gasteiger partial charge in [-0.25, -0.2) is 4.79 Å². The van der Waals surface area contributed by atoms with E-state index in [1.54, 1.807) is 0 Å². The molecule has 0 spiro atoms. The summed E-state index contributed by atoms with van der Waals surface area (Å²) in [6.45, 7) is 0.289. The maximum absolute atomic E-state index is 11.5. The number of carbonyl (C=O) groups excluding carboxylic acids is 2. The first-order valence-corrected chi connectivity index (χ1v) is 6.19. The van der Waals surface area contributed by atoms with Crippen LogP contribution >= 0.6 is 0 Å². The van der Waals surface area contributed by atoms with E-state index in [9.17, 15) is 9.59 Å². The molecule has 0 unspecified atom stereocenters. The molecular weight excluding hydrogens is 230 g/mol. The molecule has 0 radical (unpaired) electrons. The molecule has 1 saturated carbocycles. The van der Waals surface area contributed by atoms with Gasteiger partial charge in [-0.15, -0.1) is 0 Å². The lowest BCUT2D eigenvalue weighted by Crippen LogP contribution is -2.44. The summed E-state index contributed by atoms with van der Waals surface area (Å²) in [5.74, 6) is 0.432. The third-order valence-corrected chi connectivity index (χ3v) is 3.20. The van der Waals surface area contributed by atoms with Gasteiger partial charge in [-0.2, -0.15) is 0 Å². The van der Waals surface area contributed by atoms with Crippen molar-refractivity contribution in [3.05, 3.63) is 35.9 Å². The molecule has 1 N–H and O–H groups in total. The molecule has 2 rings (SSSR count). The largest absolute Gasteiger partial charge is 0.445 e. The van der Waals surface area contributed by atoms with Crippen molar-refractivity contribution < 1.29 is 14.3 Å². The molecular formula is C14H17NO3. The van der Waals surface area contributed by atoms with Gasteiger partial charge < -0.3 is 14.8 Å². The minimum Gasteiger partial charge on any atom is -0.445 e. The first-order valence-electron chi connectivity index (χ1n) is 6.19. The SMILES string of the molecule is O=CCC1CC(NC(=O)OCc2ccccc2)C1. The number of benzene rings is 1. The molecule has 1 aliphatic rings. The molecule has 1 aliphatic carbocycles. The topological polar surface area (TPSA) is 55.4 Å². The van der Waals surface area contributed by atoms with E-state index in [2.05, 4.69) is 5.32 Å². The van der Waals surface area contributed by atoms with E-state index < -0.39 is 0 Å². The van der Waals surface area contributed by atoms with Crippen molar-refractivity contribution in [3.8, 4) is 0 Å². The quantitative estimate of drug-likeness (QED) is 0.812. The summed E-state index contributed by atoms with van der Waals surface area (Å²) >= 11 is 0. The highest BCUT2D eigenvalue weighted by molar-refractivity contribution is 5.67. The molecule has 0 heterocycles. The van der Waals surface area contributed by atoms with Crippen LogP contribution in [0.4, 0.5) is 4.79 Å². The van der Waals surface area contributed by atoms with Gasteiger partial charge in [0.15, 0.2) is 0 Å². The summed E-state index contributed by atoms with van der Waals surface area (Å²) in [7, 11) is 0. The van der Waals surface area contributed by atoms with E-state index in [1.807, 2.05) is 30.3 Å². The van der Waals surface area contributed by atoms with Crippen LogP contribution < -0.4 is 5.32 Å². The van der Waals surface area contributed by atoms with Gasteiger partial charge in [-0.05, 0) is 24.3 Å². The fraction of sp³-hybridized carbons (Fsp3) is 0.429. The van der Waals surface area contributed by atoms with Crippen molar-refractivity contribution in [1.82, 2.24) is 5.32 Å². The summed E-state index contributed by atoms with van der Waals surface area (Å²) in [4.78, 5) is 21.8. The molecule has 0 aromatic heterocycles. The smallest absolute Gasteiger partial charge is 0.407 e. The van der Waals surface area contributed by atoms with Crippen molar-refractivity contribution in [2.75, 3.05) is 0 Å². The number of hydrogen-bond acceptors (Lipinski definition) is 3. The Labute approximate surface area is 106 Å². The highest BCUT2D eigenvalue weighted by atomic mass is 16.5. The molecule has 96 valence electrons. The van der Waals surface area contributed by atoms with Gasteiger partial charge in [0.2, 0.25) is 0 Å². The molecule has 18 heavy (non-hydrogen) atoms. The highest BCUT2D eigenvalue weighted by Gasteiger charge is 2.30.